The number of nitrogens with zero attached hydrogens (tertiary/aromatic N) is 4. The zero-order valence-electron chi connectivity index (χ0n) is 17.2. The molecule has 0 spiro atoms. The first-order valence-electron chi connectivity index (χ1n) is 10.2. The normalized spacial score (nSPS) is 13.9. The fourth-order valence-corrected chi connectivity index (χ4v) is 5.27. The Morgan fingerprint density at radius 2 is 1.77 bits per heavy atom. The van der Waals surface area contributed by atoms with Gasteiger partial charge in [-0.05, 0) is 56.7 Å². The van der Waals surface area contributed by atoms with Gasteiger partial charge in [-0.1, -0.05) is 6.07 Å². The van der Waals surface area contributed by atoms with Gasteiger partial charge in [-0.25, -0.2) is 26.7 Å². The number of rotatable bonds is 4. The first-order chi connectivity index (χ1) is 14.8. The van der Waals surface area contributed by atoms with Crippen LogP contribution in [0.2, 0.25) is 0 Å². The van der Waals surface area contributed by atoms with Crippen LogP contribution in [0, 0.1) is 5.82 Å². The smallest absolute Gasteiger partial charge is 0.244 e. The fraction of sp³-hybridized carbons (Fsp3) is 0.273. The van der Waals surface area contributed by atoms with Crippen molar-refractivity contribution in [3.8, 4) is 22.5 Å². The minimum atomic E-state index is -3.69. The molecule has 0 saturated carbocycles. The second-order valence-corrected chi connectivity index (χ2v) is 10.4. The average molecular weight is 440 g/mol. The number of halogens is 1. The van der Waals surface area contributed by atoms with Crippen LogP contribution in [0.1, 0.15) is 26.1 Å². The molecule has 2 N–H and O–H groups in total. The molecular formula is C22H22FN5O2S. The second kappa shape index (κ2) is 6.91. The molecule has 7 nitrogen and oxygen atoms in total. The number of fused-ring (bicyclic) bond motifs is 2. The zero-order chi connectivity index (χ0) is 21.9. The summed E-state index contributed by atoms with van der Waals surface area (Å²) >= 11 is 0. The second-order valence-electron chi connectivity index (χ2n) is 8.02. The first kappa shape index (κ1) is 19.7. The van der Waals surface area contributed by atoms with Gasteiger partial charge in [-0.2, -0.15) is 0 Å². The van der Waals surface area contributed by atoms with Crippen LogP contribution in [0.25, 0.3) is 33.5 Å². The molecule has 31 heavy (non-hydrogen) atoms. The molecule has 2 aromatic carbocycles. The van der Waals surface area contributed by atoms with Gasteiger partial charge in [0.05, 0.1) is 27.7 Å². The van der Waals surface area contributed by atoms with Gasteiger partial charge in [-0.15, -0.1) is 0 Å². The summed E-state index contributed by atoms with van der Waals surface area (Å²) in [5.41, 5.74) is 10.2. The Kier molecular flexibility index (Phi) is 4.40. The molecular weight excluding hydrogens is 417 g/mol. The molecule has 4 aromatic rings. The van der Waals surface area contributed by atoms with Crippen LogP contribution >= 0.6 is 0 Å². The van der Waals surface area contributed by atoms with Crippen molar-refractivity contribution < 1.29 is 12.8 Å². The lowest BCUT2D eigenvalue weighted by atomic mass is 10.0. The number of nitrogens with two attached hydrogens (primary N) is 1. The number of hydrogen-bond donors (Lipinski definition) is 1. The van der Waals surface area contributed by atoms with Crippen molar-refractivity contribution in [3.63, 3.8) is 0 Å². The van der Waals surface area contributed by atoms with Crippen LogP contribution in [0.15, 0.2) is 42.5 Å². The molecule has 1 aliphatic heterocycles. The topological polar surface area (TPSA) is 95.8 Å². The van der Waals surface area contributed by atoms with E-state index in [9.17, 15) is 12.8 Å². The summed E-state index contributed by atoms with van der Waals surface area (Å²) in [6, 6.07) is 11.7. The van der Waals surface area contributed by atoms with E-state index in [4.69, 9.17) is 10.7 Å². The Balaban J connectivity index is 1.76. The number of benzene rings is 2. The molecule has 160 valence electrons. The molecule has 2 aromatic heterocycles. The minimum Gasteiger partial charge on any atom is -0.368 e. The SMILES string of the molecule is CC(C)S(=O)(=O)n1c(N)nc2ccc(-c3c(-c4ccc(F)cc4)nc4n3CCC4)cc21. The maximum absolute atomic E-state index is 13.5. The van der Waals surface area contributed by atoms with E-state index in [0.29, 0.717) is 11.0 Å². The highest BCUT2D eigenvalue weighted by Gasteiger charge is 2.27. The van der Waals surface area contributed by atoms with Gasteiger partial charge in [0.15, 0.2) is 0 Å². The van der Waals surface area contributed by atoms with Gasteiger partial charge >= 0.3 is 0 Å². The number of aromatic nitrogens is 4. The number of aryl methyl sites for hydroxylation is 1. The molecule has 0 unspecified atom stereocenters. The third-order valence-electron chi connectivity index (χ3n) is 5.71. The number of hydrogen-bond acceptors (Lipinski definition) is 5. The standard InChI is InChI=1S/C22H22FN5O2S/c1-13(2)31(29,30)28-18-12-15(7-10-17(18)25-22(28)24)21-20(14-5-8-16(23)9-6-14)26-19-4-3-11-27(19)21/h5-10,12-13H,3-4,11H2,1-2H3,(H2,24,25). The molecule has 0 fully saturated rings. The summed E-state index contributed by atoms with van der Waals surface area (Å²) in [5, 5.41) is -0.648. The molecule has 9 heteroatoms. The first-order valence-corrected chi connectivity index (χ1v) is 11.7. The molecule has 5 rings (SSSR count). The van der Waals surface area contributed by atoms with Crippen LogP contribution < -0.4 is 5.73 Å². The van der Waals surface area contributed by atoms with E-state index in [1.165, 1.54) is 12.1 Å². The summed E-state index contributed by atoms with van der Waals surface area (Å²) in [6.07, 6.45) is 1.86. The van der Waals surface area contributed by atoms with Crippen molar-refractivity contribution in [1.82, 2.24) is 18.5 Å². The summed E-state index contributed by atoms with van der Waals surface area (Å²) in [4.78, 5) is 9.07. The van der Waals surface area contributed by atoms with Crippen LogP contribution in [-0.2, 0) is 23.0 Å². The van der Waals surface area contributed by atoms with E-state index in [-0.39, 0.29) is 11.8 Å². The molecule has 1 aliphatic rings. The third-order valence-corrected chi connectivity index (χ3v) is 7.79. The zero-order valence-corrected chi connectivity index (χ0v) is 18.0. The van der Waals surface area contributed by atoms with Crippen molar-refractivity contribution in [2.45, 2.75) is 38.5 Å². The summed E-state index contributed by atoms with van der Waals surface area (Å²) in [6.45, 7) is 4.05. The summed E-state index contributed by atoms with van der Waals surface area (Å²) in [7, 11) is -3.69. The van der Waals surface area contributed by atoms with Crippen LogP contribution in [0.4, 0.5) is 10.3 Å². The van der Waals surface area contributed by atoms with Crippen molar-refractivity contribution in [2.24, 2.45) is 0 Å². The van der Waals surface area contributed by atoms with E-state index in [1.54, 1.807) is 38.1 Å². The molecule has 0 aliphatic carbocycles. The Morgan fingerprint density at radius 3 is 2.48 bits per heavy atom. The Morgan fingerprint density at radius 1 is 1.06 bits per heavy atom. The maximum Gasteiger partial charge on any atom is 0.244 e. The van der Waals surface area contributed by atoms with Crippen LogP contribution in [0.3, 0.4) is 0 Å². The summed E-state index contributed by atoms with van der Waals surface area (Å²) in [5.74, 6) is 0.604. The van der Waals surface area contributed by atoms with E-state index in [2.05, 4.69) is 9.55 Å². The van der Waals surface area contributed by atoms with E-state index in [1.807, 2.05) is 6.07 Å². The lowest BCUT2D eigenvalue weighted by molar-refractivity contribution is 0.580. The van der Waals surface area contributed by atoms with Crippen molar-refractivity contribution in [2.75, 3.05) is 5.73 Å². The molecule has 0 amide bonds. The molecule has 0 radical (unpaired) electrons. The minimum absolute atomic E-state index is 0.0573. The van der Waals surface area contributed by atoms with Gasteiger partial charge in [0, 0.05) is 24.1 Å². The summed E-state index contributed by atoms with van der Waals surface area (Å²) < 4.78 is 42.6. The van der Waals surface area contributed by atoms with Gasteiger partial charge in [0.25, 0.3) is 0 Å². The lowest BCUT2D eigenvalue weighted by Gasteiger charge is -2.12. The van der Waals surface area contributed by atoms with E-state index >= 15 is 0 Å². The highest BCUT2D eigenvalue weighted by molar-refractivity contribution is 7.90. The number of imidazole rings is 2. The number of nitrogen functional groups attached to an aromatic ring is 1. The van der Waals surface area contributed by atoms with Gasteiger partial charge in [0.2, 0.25) is 16.0 Å². The van der Waals surface area contributed by atoms with Gasteiger partial charge in [-0.3, -0.25) is 0 Å². The van der Waals surface area contributed by atoms with E-state index in [0.717, 1.165) is 51.7 Å². The van der Waals surface area contributed by atoms with Crippen LogP contribution in [0.5, 0.6) is 0 Å². The maximum atomic E-state index is 13.5. The Bertz CT molecular complexity index is 1420. The van der Waals surface area contributed by atoms with Gasteiger partial charge < -0.3 is 10.3 Å². The predicted octanol–water partition coefficient (Wildman–Crippen LogP) is 3.82. The third kappa shape index (κ3) is 3.03. The van der Waals surface area contributed by atoms with Crippen molar-refractivity contribution in [1.29, 1.82) is 0 Å². The predicted molar refractivity (Wildman–Crippen MR) is 119 cm³/mol. The number of anilines is 1. The molecule has 0 bridgehead atoms. The highest BCUT2D eigenvalue weighted by atomic mass is 32.2. The van der Waals surface area contributed by atoms with Gasteiger partial charge in [0.1, 0.15) is 11.6 Å². The highest BCUT2D eigenvalue weighted by Crippen LogP contribution is 2.37. The van der Waals surface area contributed by atoms with Crippen LogP contribution in [-0.4, -0.2) is 32.2 Å². The molecule has 3 heterocycles. The van der Waals surface area contributed by atoms with Crippen molar-refractivity contribution >= 4 is 27.0 Å². The largest absolute Gasteiger partial charge is 0.368 e. The Labute approximate surface area is 179 Å². The lowest BCUT2D eigenvalue weighted by Crippen LogP contribution is -2.23. The average Bonchev–Trinajstić information content (AvgIpc) is 3.39. The fourth-order valence-electron chi connectivity index (χ4n) is 4.13. The quantitative estimate of drug-likeness (QED) is 0.522. The van der Waals surface area contributed by atoms with E-state index < -0.39 is 15.3 Å². The molecule has 0 atom stereocenters. The van der Waals surface area contributed by atoms with Crippen molar-refractivity contribution in [3.05, 3.63) is 54.1 Å². The monoisotopic (exact) mass is 439 g/mol. The Hall–Kier alpha value is -3.20. The molecule has 0 saturated heterocycles.